The molecule has 1 rings (SSSR count). The highest BCUT2D eigenvalue weighted by atomic mass is 79.9. The highest BCUT2D eigenvalue weighted by molar-refractivity contribution is 9.10. The second-order valence-corrected chi connectivity index (χ2v) is 15.0. The van der Waals surface area contributed by atoms with Gasteiger partial charge in [0.15, 0.2) is 0 Å². The van der Waals surface area contributed by atoms with Crippen LogP contribution in [0, 0.1) is 5.41 Å². The average molecular weight is 399 g/mol. The topological polar surface area (TPSA) is 9.23 Å². The van der Waals surface area contributed by atoms with Gasteiger partial charge in [-0.15, -0.1) is 0 Å². The second kappa shape index (κ2) is 7.84. The third-order valence-electron chi connectivity index (χ3n) is 5.00. The summed E-state index contributed by atoms with van der Waals surface area (Å²) < 4.78 is 8.31. The monoisotopic (exact) mass is 398 g/mol. The van der Waals surface area contributed by atoms with Gasteiger partial charge in [-0.1, -0.05) is 96.4 Å². The van der Waals surface area contributed by atoms with Crippen LogP contribution in [0.15, 0.2) is 28.7 Å². The fourth-order valence-electron chi connectivity index (χ4n) is 4.01. The Labute approximate surface area is 153 Å². The molecule has 1 atom stereocenters. The highest BCUT2D eigenvalue weighted by Crippen LogP contribution is 2.49. The van der Waals surface area contributed by atoms with Gasteiger partial charge in [0.1, 0.15) is 0 Å². The smallest absolute Gasteiger partial charge is 0.201 e. The van der Waals surface area contributed by atoms with Crippen LogP contribution in [0.5, 0.6) is 0 Å². The Morgan fingerprint density at radius 3 is 1.65 bits per heavy atom. The Kier molecular flexibility index (Phi) is 7.13. The first-order chi connectivity index (χ1) is 10.4. The van der Waals surface area contributed by atoms with E-state index in [0.717, 1.165) is 4.47 Å². The van der Waals surface area contributed by atoms with Gasteiger partial charge in [0.2, 0.25) is 8.32 Å². The molecule has 0 spiro atoms. The molecule has 0 bridgehead atoms. The summed E-state index contributed by atoms with van der Waals surface area (Å²) in [4.78, 5) is 0. The number of rotatable bonds is 6. The van der Waals surface area contributed by atoms with Gasteiger partial charge < -0.3 is 4.43 Å². The zero-order valence-electron chi connectivity index (χ0n) is 16.4. The molecule has 23 heavy (non-hydrogen) atoms. The summed E-state index contributed by atoms with van der Waals surface area (Å²) in [5.74, 6) is 0. The molecule has 0 heterocycles. The number of benzene rings is 1. The van der Waals surface area contributed by atoms with Crippen molar-refractivity contribution in [1.29, 1.82) is 0 Å². The summed E-state index contributed by atoms with van der Waals surface area (Å²) in [7, 11) is -1.93. The molecule has 3 heteroatoms. The van der Waals surface area contributed by atoms with Crippen LogP contribution in [0.1, 0.15) is 74.0 Å². The van der Waals surface area contributed by atoms with E-state index in [1.165, 1.54) is 5.56 Å². The SMILES string of the molecule is CC(C)[Si](O[C@H](c1ccccc1Br)C(C)(C)C)(C(C)C)C(C)C. The summed E-state index contributed by atoms with van der Waals surface area (Å²) in [5, 5.41) is 0. The Morgan fingerprint density at radius 1 is 0.870 bits per heavy atom. The number of hydrogen-bond acceptors (Lipinski definition) is 1. The largest absolute Gasteiger partial charge is 0.409 e. The number of hydrogen-bond donors (Lipinski definition) is 0. The van der Waals surface area contributed by atoms with Crippen molar-refractivity contribution in [3.05, 3.63) is 34.3 Å². The van der Waals surface area contributed by atoms with Gasteiger partial charge in [0.05, 0.1) is 6.10 Å². The lowest BCUT2D eigenvalue weighted by molar-refractivity contribution is 0.0677. The van der Waals surface area contributed by atoms with E-state index in [1.807, 2.05) is 0 Å². The van der Waals surface area contributed by atoms with Crippen molar-refractivity contribution in [3.63, 3.8) is 0 Å². The van der Waals surface area contributed by atoms with Crippen LogP contribution in [0.25, 0.3) is 0 Å². The normalized spacial score (nSPS) is 14.8. The Hall–Kier alpha value is -0.123. The maximum Gasteiger partial charge on any atom is 0.201 e. The van der Waals surface area contributed by atoms with Crippen molar-refractivity contribution in [2.45, 2.75) is 85.0 Å². The molecule has 0 unspecified atom stereocenters. The van der Waals surface area contributed by atoms with E-state index in [1.54, 1.807) is 0 Å². The van der Waals surface area contributed by atoms with Gasteiger partial charge in [0.25, 0.3) is 0 Å². The lowest BCUT2D eigenvalue weighted by Crippen LogP contribution is -2.50. The Balaban J connectivity index is 3.42. The molecule has 1 aromatic carbocycles. The summed E-state index contributed by atoms with van der Waals surface area (Å²) in [6, 6.07) is 8.53. The molecule has 0 aliphatic heterocycles. The van der Waals surface area contributed by atoms with Crippen LogP contribution in [-0.4, -0.2) is 8.32 Å². The van der Waals surface area contributed by atoms with E-state index in [4.69, 9.17) is 4.43 Å². The van der Waals surface area contributed by atoms with E-state index >= 15 is 0 Å². The molecule has 0 saturated carbocycles. The maximum absolute atomic E-state index is 7.16. The Bertz CT molecular complexity index is 481. The molecule has 0 aromatic heterocycles. The van der Waals surface area contributed by atoms with Crippen LogP contribution >= 0.6 is 15.9 Å². The second-order valence-electron chi connectivity index (χ2n) is 8.70. The van der Waals surface area contributed by atoms with Gasteiger partial charge in [-0.25, -0.2) is 0 Å². The first-order valence-corrected chi connectivity index (χ1v) is 11.8. The summed E-state index contributed by atoms with van der Waals surface area (Å²) in [5.41, 5.74) is 3.11. The maximum atomic E-state index is 7.16. The molecule has 0 aliphatic carbocycles. The van der Waals surface area contributed by atoms with E-state index in [0.29, 0.717) is 16.6 Å². The van der Waals surface area contributed by atoms with E-state index in [2.05, 4.69) is 103 Å². The van der Waals surface area contributed by atoms with Crippen molar-refractivity contribution in [2.24, 2.45) is 5.41 Å². The molecular formula is C20H35BrOSi. The van der Waals surface area contributed by atoms with Crippen molar-refractivity contribution in [3.8, 4) is 0 Å². The zero-order chi connectivity index (χ0) is 18.0. The summed E-state index contributed by atoms with van der Waals surface area (Å²) in [6.07, 6.45) is 0.108. The predicted octanol–water partition coefficient (Wildman–Crippen LogP) is 7.73. The molecule has 0 radical (unpaired) electrons. The Morgan fingerprint density at radius 2 is 1.30 bits per heavy atom. The van der Waals surface area contributed by atoms with E-state index < -0.39 is 8.32 Å². The molecule has 0 saturated heterocycles. The summed E-state index contributed by atoms with van der Waals surface area (Å²) >= 11 is 3.74. The minimum atomic E-state index is -1.93. The van der Waals surface area contributed by atoms with Crippen molar-refractivity contribution >= 4 is 24.2 Å². The quantitative estimate of drug-likeness (QED) is 0.445. The third kappa shape index (κ3) is 4.49. The predicted molar refractivity (Wildman–Crippen MR) is 108 cm³/mol. The molecule has 0 aliphatic rings. The molecular weight excluding hydrogens is 364 g/mol. The van der Waals surface area contributed by atoms with Gasteiger partial charge in [-0.3, -0.25) is 0 Å². The van der Waals surface area contributed by atoms with E-state index in [-0.39, 0.29) is 11.5 Å². The highest BCUT2D eigenvalue weighted by Gasteiger charge is 2.48. The van der Waals surface area contributed by atoms with Gasteiger partial charge >= 0.3 is 0 Å². The van der Waals surface area contributed by atoms with Crippen molar-refractivity contribution < 1.29 is 4.43 Å². The fraction of sp³-hybridized carbons (Fsp3) is 0.700. The molecule has 0 amide bonds. The molecule has 132 valence electrons. The van der Waals surface area contributed by atoms with Crippen molar-refractivity contribution in [1.82, 2.24) is 0 Å². The van der Waals surface area contributed by atoms with Gasteiger partial charge in [-0.05, 0) is 33.7 Å². The van der Waals surface area contributed by atoms with Crippen LogP contribution in [0.2, 0.25) is 16.6 Å². The number of halogens is 1. The fourth-order valence-corrected chi connectivity index (χ4v) is 10.2. The van der Waals surface area contributed by atoms with Crippen LogP contribution < -0.4 is 0 Å². The van der Waals surface area contributed by atoms with Crippen molar-refractivity contribution in [2.75, 3.05) is 0 Å². The minimum Gasteiger partial charge on any atom is -0.409 e. The first-order valence-electron chi connectivity index (χ1n) is 8.86. The molecule has 0 fully saturated rings. The molecule has 1 nitrogen and oxygen atoms in total. The zero-order valence-corrected chi connectivity index (χ0v) is 19.0. The first kappa shape index (κ1) is 20.9. The van der Waals surface area contributed by atoms with E-state index in [9.17, 15) is 0 Å². The average Bonchev–Trinajstić information content (AvgIpc) is 2.38. The van der Waals surface area contributed by atoms with Crippen LogP contribution in [0.3, 0.4) is 0 Å². The molecule has 1 aromatic rings. The van der Waals surface area contributed by atoms with Gasteiger partial charge in [-0.2, -0.15) is 0 Å². The van der Waals surface area contributed by atoms with Crippen LogP contribution in [-0.2, 0) is 4.43 Å². The summed E-state index contributed by atoms with van der Waals surface area (Å²) in [6.45, 7) is 21.0. The third-order valence-corrected chi connectivity index (χ3v) is 11.8. The standard InChI is InChI=1S/C20H35BrOSi/c1-14(2)23(15(3)4,16(5)6)22-19(20(7,8)9)17-12-10-11-13-18(17)21/h10-16,19H,1-9H3/t19-/m1/s1. The van der Waals surface area contributed by atoms with Gasteiger partial charge in [0, 0.05) is 4.47 Å². The lowest BCUT2D eigenvalue weighted by atomic mass is 9.85. The molecule has 0 N–H and O–H groups in total. The lowest BCUT2D eigenvalue weighted by Gasteiger charge is -2.47. The van der Waals surface area contributed by atoms with Crippen LogP contribution in [0.4, 0.5) is 0 Å². The minimum absolute atomic E-state index is 0.0563.